The molecule has 3 rings (SSSR count). The highest BCUT2D eigenvalue weighted by atomic mass is 35.5. The number of Topliss-reactive ketones (excluding diaryl/α,β-unsaturated/α-hetero) is 1. The molecule has 0 amide bonds. The molecule has 6 nitrogen and oxygen atoms in total. The highest BCUT2D eigenvalue weighted by Crippen LogP contribution is 2.39. The van der Waals surface area contributed by atoms with Crippen LogP contribution in [0.3, 0.4) is 0 Å². The number of carbonyl (C=O) groups excluding carboxylic acids is 1. The summed E-state index contributed by atoms with van der Waals surface area (Å²) < 4.78 is 7.26. The minimum absolute atomic E-state index is 0.0774. The Morgan fingerprint density at radius 2 is 1.88 bits per heavy atom. The quantitative estimate of drug-likeness (QED) is 0.700. The van der Waals surface area contributed by atoms with E-state index in [1.165, 1.54) is 0 Å². The average molecular weight is 388 g/mol. The molecule has 1 fully saturated rings. The van der Waals surface area contributed by atoms with Gasteiger partial charge in [-0.25, -0.2) is 0 Å². The van der Waals surface area contributed by atoms with E-state index < -0.39 is 31.1 Å². The van der Waals surface area contributed by atoms with Crippen LogP contribution in [0.4, 0.5) is 0 Å². The maximum absolute atomic E-state index is 12.5. The molecule has 8 heteroatoms. The predicted molar refractivity (Wildman–Crippen MR) is 94.3 cm³/mol. The number of hydrogen-bond donors (Lipinski definition) is 3. The van der Waals surface area contributed by atoms with Crippen LogP contribution < -0.4 is 0 Å². The average Bonchev–Trinajstić information content (AvgIpc) is 3.01. The van der Waals surface area contributed by atoms with Crippen molar-refractivity contribution in [2.24, 2.45) is 0 Å². The molecular formula is C17H19Cl2NO5. The third kappa shape index (κ3) is 2.87. The van der Waals surface area contributed by atoms with Crippen LogP contribution in [0.25, 0.3) is 10.9 Å². The number of fused-ring (bicyclic) bond motifs is 1. The molecule has 0 aliphatic carbocycles. The molecule has 1 aromatic carbocycles. The number of aliphatic hydroxyl groups is 3. The van der Waals surface area contributed by atoms with Gasteiger partial charge in [0.25, 0.3) is 0 Å². The van der Waals surface area contributed by atoms with E-state index in [1.807, 2.05) is 0 Å². The summed E-state index contributed by atoms with van der Waals surface area (Å²) in [6.07, 6.45) is -4.06. The van der Waals surface area contributed by atoms with Crippen molar-refractivity contribution < 1.29 is 24.9 Å². The summed E-state index contributed by atoms with van der Waals surface area (Å²) in [6.45, 7) is 3.06. The molecule has 1 saturated heterocycles. The Balaban J connectivity index is 2.27. The third-order valence-corrected chi connectivity index (χ3v) is 5.38. The lowest BCUT2D eigenvalue weighted by Gasteiger charge is -2.20. The number of nitrogens with zero attached hydrogens (tertiary/aromatic N) is 1. The third-order valence-electron chi connectivity index (χ3n) is 4.66. The van der Waals surface area contributed by atoms with Crippen LogP contribution in [0, 0.1) is 6.92 Å². The summed E-state index contributed by atoms with van der Waals surface area (Å²) in [7, 11) is 0. The van der Waals surface area contributed by atoms with E-state index in [4.69, 9.17) is 27.9 Å². The number of ketones is 1. The molecule has 3 N–H and O–H groups in total. The largest absolute Gasteiger partial charge is 0.394 e. The van der Waals surface area contributed by atoms with Crippen molar-refractivity contribution in [3.05, 3.63) is 33.4 Å². The maximum atomic E-state index is 12.5. The molecular weight excluding hydrogens is 369 g/mol. The van der Waals surface area contributed by atoms with Gasteiger partial charge >= 0.3 is 0 Å². The van der Waals surface area contributed by atoms with E-state index in [1.54, 1.807) is 30.5 Å². The summed E-state index contributed by atoms with van der Waals surface area (Å²) in [4.78, 5) is 12.5. The molecule has 0 radical (unpaired) electrons. The van der Waals surface area contributed by atoms with Gasteiger partial charge in [-0.2, -0.15) is 0 Å². The Morgan fingerprint density at radius 3 is 2.44 bits per heavy atom. The smallest absolute Gasteiger partial charge is 0.165 e. The van der Waals surface area contributed by atoms with Crippen molar-refractivity contribution in [1.29, 1.82) is 0 Å². The van der Waals surface area contributed by atoms with Gasteiger partial charge in [-0.05, 0) is 19.1 Å². The number of aromatic nitrogens is 1. The summed E-state index contributed by atoms with van der Waals surface area (Å²) in [5.74, 6) is -0.0774. The fraction of sp³-hybridized carbons (Fsp3) is 0.471. The van der Waals surface area contributed by atoms with E-state index in [-0.39, 0.29) is 5.78 Å². The molecule has 4 atom stereocenters. The first-order chi connectivity index (χ1) is 11.8. The van der Waals surface area contributed by atoms with Gasteiger partial charge in [0.15, 0.2) is 12.0 Å². The topological polar surface area (TPSA) is 91.9 Å². The van der Waals surface area contributed by atoms with Gasteiger partial charge in [-0.3, -0.25) is 4.79 Å². The van der Waals surface area contributed by atoms with Gasteiger partial charge in [0.2, 0.25) is 0 Å². The second kappa shape index (κ2) is 6.87. The summed E-state index contributed by atoms with van der Waals surface area (Å²) >= 11 is 12.3. The minimum atomic E-state index is -1.26. The summed E-state index contributed by atoms with van der Waals surface area (Å²) in [5, 5.41) is 31.0. The van der Waals surface area contributed by atoms with E-state index in [9.17, 15) is 20.1 Å². The molecule has 4 unspecified atom stereocenters. The highest BCUT2D eigenvalue weighted by molar-refractivity contribution is 6.43. The van der Waals surface area contributed by atoms with Crippen molar-refractivity contribution >= 4 is 39.9 Å². The summed E-state index contributed by atoms with van der Waals surface area (Å²) in [6, 6.07) is 3.22. The van der Waals surface area contributed by atoms with Crippen LogP contribution in [-0.2, 0) is 4.74 Å². The molecule has 2 heterocycles. The predicted octanol–water partition coefficient (Wildman–Crippen LogP) is 2.46. The Labute approximate surface area is 154 Å². The van der Waals surface area contributed by atoms with Gasteiger partial charge in [0, 0.05) is 23.1 Å². The number of hydrogen-bond acceptors (Lipinski definition) is 5. The van der Waals surface area contributed by atoms with Crippen molar-refractivity contribution in [2.75, 3.05) is 6.61 Å². The molecule has 0 spiro atoms. The second-order valence-electron chi connectivity index (χ2n) is 6.12. The number of halogens is 2. The van der Waals surface area contributed by atoms with Crippen molar-refractivity contribution in [2.45, 2.75) is 44.8 Å². The lowest BCUT2D eigenvalue weighted by molar-refractivity contribution is -0.0514. The molecule has 0 saturated carbocycles. The van der Waals surface area contributed by atoms with Gasteiger partial charge in [-0.1, -0.05) is 30.1 Å². The molecule has 1 aliphatic heterocycles. The van der Waals surface area contributed by atoms with E-state index in [0.717, 1.165) is 0 Å². The Hall–Kier alpha value is -1.15. The monoisotopic (exact) mass is 387 g/mol. The van der Waals surface area contributed by atoms with Gasteiger partial charge in [0.1, 0.15) is 18.3 Å². The van der Waals surface area contributed by atoms with E-state index in [0.29, 0.717) is 38.6 Å². The van der Waals surface area contributed by atoms with Gasteiger partial charge in [-0.15, -0.1) is 0 Å². The van der Waals surface area contributed by atoms with Crippen LogP contribution in [-0.4, -0.2) is 50.6 Å². The lowest BCUT2D eigenvalue weighted by atomic mass is 10.1. The van der Waals surface area contributed by atoms with Crippen LogP contribution in [0.2, 0.25) is 10.0 Å². The summed E-state index contributed by atoms with van der Waals surface area (Å²) in [5.41, 5.74) is 1.63. The SMILES string of the molecule is CCC(=O)c1c(C)n(C2OC(CO)C(O)C2O)c2cc(Cl)c(Cl)cc12. The zero-order valence-electron chi connectivity index (χ0n) is 13.7. The fourth-order valence-electron chi connectivity index (χ4n) is 3.38. The molecule has 25 heavy (non-hydrogen) atoms. The minimum Gasteiger partial charge on any atom is -0.394 e. The first-order valence-electron chi connectivity index (χ1n) is 7.97. The van der Waals surface area contributed by atoms with Crippen molar-refractivity contribution in [3.63, 3.8) is 0 Å². The van der Waals surface area contributed by atoms with Crippen molar-refractivity contribution in [3.8, 4) is 0 Å². The highest BCUT2D eigenvalue weighted by Gasteiger charge is 2.44. The van der Waals surface area contributed by atoms with Crippen LogP contribution in [0.15, 0.2) is 12.1 Å². The van der Waals surface area contributed by atoms with Gasteiger partial charge in [0.05, 0.1) is 22.2 Å². The number of aliphatic hydroxyl groups excluding tert-OH is 3. The zero-order valence-corrected chi connectivity index (χ0v) is 15.3. The number of ether oxygens (including phenoxy) is 1. The molecule has 1 aromatic heterocycles. The molecule has 2 aromatic rings. The van der Waals surface area contributed by atoms with E-state index >= 15 is 0 Å². The Kier molecular flexibility index (Phi) is 5.12. The Morgan fingerprint density at radius 1 is 1.24 bits per heavy atom. The first kappa shape index (κ1) is 18.6. The standard InChI is InChI=1S/C17H19Cl2NO5/c1-3-12(22)14-7(2)20(11-5-10(19)9(18)4-8(11)14)17-16(24)15(23)13(6-21)25-17/h4-5,13,15-17,21,23-24H,3,6H2,1-2H3. The maximum Gasteiger partial charge on any atom is 0.165 e. The van der Waals surface area contributed by atoms with E-state index in [2.05, 4.69) is 0 Å². The van der Waals surface area contributed by atoms with Gasteiger partial charge < -0.3 is 24.6 Å². The lowest BCUT2D eigenvalue weighted by Crippen LogP contribution is -2.33. The van der Waals surface area contributed by atoms with Crippen molar-refractivity contribution in [1.82, 2.24) is 4.57 Å². The van der Waals surface area contributed by atoms with Crippen LogP contribution >= 0.6 is 23.2 Å². The first-order valence-corrected chi connectivity index (χ1v) is 8.72. The Bertz CT molecular complexity index is 834. The second-order valence-corrected chi connectivity index (χ2v) is 6.93. The molecule has 1 aliphatic rings. The fourth-order valence-corrected chi connectivity index (χ4v) is 3.70. The zero-order chi connectivity index (χ0) is 18.5. The number of rotatable bonds is 4. The molecule has 0 bridgehead atoms. The number of carbonyl (C=O) groups is 1. The van der Waals surface area contributed by atoms with Crippen LogP contribution in [0.5, 0.6) is 0 Å². The number of benzene rings is 1. The normalized spacial score (nSPS) is 26.5. The molecule has 136 valence electrons. The van der Waals surface area contributed by atoms with Crippen LogP contribution in [0.1, 0.15) is 35.6 Å².